The molecule has 5 heteroatoms. The topological polar surface area (TPSA) is 49.4 Å². The fourth-order valence-corrected chi connectivity index (χ4v) is 3.03. The van der Waals surface area contributed by atoms with Gasteiger partial charge in [-0.2, -0.15) is 0 Å². The van der Waals surface area contributed by atoms with E-state index >= 15 is 0 Å². The maximum Gasteiger partial charge on any atom is 0.242 e. The molecule has 28 heavy (non-hydrogen) atoms. The molecule has 0 aliphatic rings. The number of hydrogen-bond acceptors (Lipinski definition) is 2. The van der Waals surface area contributed by atoms with Crippen LogP contribution in [0.3, 0.4) is 0 Å². The average Bonchev–Trinajstić information content (AvgIpc) is 2.67. The zero-order valence-electron chi connectivity index (χ0n) is 16.9. The Hall–Kier alpha value is -2.69. The minimum atomic E-state index is -0.686. The molecule has 0 spiro atoms. The van der Waals surface area contributed by atoms with Crippen LogP contribution in [0.4, 0.5) is 4.39 Å². The van der Waals surface area contributed by atoms with Gasteiger partial charge in [0.05, 0.1) is 6.42 Å². The first kappa shape index (κ1) is 21.6. The maximum absolute atomic E-state index is 14.2. The number of benzene rings is 2. The summed E-state index contributed by atoms with van der Waals surface area (Å²) in [7, 11) is 0. The molecule has 0 heterocycles. The molecule has 2 aromatic carbocycles. The highest BCUT2D eigenvalue weighted by Gasteiger charge is 2.26. The van der Waals surface area contributed by atoms with Gasteiger partial charge in [-0.25, -0.2) is 4.39 Å². The van der Waals surface area contributed by atoms with Crippen LogP contribution in [0.15, 0.2) is 48.5 Å². The lowest BCUT2D eigenvalue weighted by molar-refractivity contribution is -0.140. The van der Waals surface area contributed by atoms with Crippen molar-refractivity contribution in [2.24, 2.45) is 0 Å². The summed E-state index contributed by atoms with van der Waals surface area (Å²) in [4.78, 5) is 27.0. The SMILES string of the molecule is CCCCNC(=O)[C@@H](C)N(Cc1ccccc1F)C(=O)Cc1cccc(C)c1. The van der Waals surface area contributed by atoms with Gasteiger partial charge in [0.25, 0.3) is 0 Å². The van der Waals surface area contributed by atoms with Crippen LogP contribution >= 0.6 is 0 Å². The molecule has 150 valence electrons. The number of nitrogens with zero attached hydrogens (tertiary/aromatic N) is 1. The molecule has 1 atom stereocenters. The number of rotatable bonds is 9. The summed E-state index contributed by atoms with van der Waals surface area (Å²) in [6.07, 6.45) is 2.02. The summed E-state index contributed by atoms with van der Waals surface area (Å²) in [5.41, 5.74) is 2.34. The molecule has 0 radical (unpaired) electrons. The minimum Gasteiger partial charge on any atom is -0.354 e. The van der Waals surface area contributed by atoms with Crippen molar-refractivity contribution in [2.75, 3.05) is 6.54 Å². The Morgan fingerprint density at radius 2 is 1.89 bits per heavy atom. The first-order chi connectivity index (χ1) is 13.4. The first-order valence-corrected chi connectivity index (χ1v) is 9.78. The van der Waals surface area contributed by atoms with E-state index in [0.29, 0.717) is 12.1 Å². The van der Waals surface area contributed by atoms with Crippen LogP contribution < -0.4 is 5.32 Å². The fourth-order valence-electron chi connectivity index (χ4n) is 3.03. The number of halogens is 1. The standard InChI is InChI=1S/C23H29FN2O2/c1-4-5-13-25-23(28)18(3)26(16-20-11-6-7-12-21(20)24)22(27)15-19-10-8-9-17(2)14-19/h6-12,14,18H,4-5,13,15-16H2,1-3H3,(H,25,28)/t18-/m1/s1. The van der Waals surface area contributed by atoms with Crippen molar-refractivity contribution in [3.8, 4) is 0 Å². The van der Waals surface area contributed by atoms with Crippen molar-refractivity contribution < 1.29 is 14.0 Å². The van der Waals surface area contributed by atoms with E-state index < -0.39 is 6.04 Å². The Morgan fingerprint density at radius 3 is 2.57 bits per heavy atom. The van der Waals surface area contributed by atoms with Gasteiger partial charge in [-0.1, -0.05) is 61.4 Å². The Bertz CT molecular complexity index is 807. The number of unbranched alkanes of at least 4 members (excludes halogenated alkanes) is 1. The Labute approximate surface area is 166 Å². The third-order valence-corrected chi connectivity index (χ3v) is 4.73. The first-order valence-electron chi connectivity index (χ1n) is 9.78. The van der Waals surface area contributed by atoms with Gasteiger partial charge in [-0.05, 0) is 31.9 Å². The van der Waals surface area contributed by atoms with Crippen molar-refractivity contribution in [3.05, 3.63) is 71.0 Å². The normalized spacial score (nSPS) is 11.7. The molecule has 0 unspecified atom stereocenters. The maximum atomic E-state index is 14.2. The van der Waals surface area contributed by atoms with E-state index in [1.807, 2.05) is 38.1 Å². The molecule has 0 saturated heterocycles. The van der Waals surface area contributed by atoms with Crippen molar-refractivity contribution >= 4 is 11.8 Å². The largest absolute Gasteiger partial charge is 0.354 e. The second-order valence-electron chi connectivity index (χ2n) is 7.10. The van der Waals surface area contributed by atoms with Crippen LogP contribution in [0.1, 0.15) is 43.4 Å². The number of hydrogen-bond donors (Lipinski definition) is 1. The highest BCUT2D eigenvalue weighted by molar-refractivity contribution is 5.88. The Morgan fingerprint density at radius 1 is 1.14 bits per heavy atom. The van der Waals surface area contributed by atoms with Gasteiger partial charge in [0.15, 0.2) is 0 Å². The highest BCUT2D eigenvalue weighted by Crippen LogP contribution is 2.15. The lowest BCUT2D eigenvalue weighted by atomic mass is 10.1. The summed E-state index contributed by atoms with van der Waals surface area (Å²) in [5, 5.41) is 2.87. The van der Waals surface area contributed by atoms with Crippen molar-refractivity contribution in [3.63, 3.8) is 0 Å². The summed E-state index contributed by atoms with van der Waals surface area (Å²) < 4.78 is 14.2. The van der Waals surface area contributed by atoms with Crippen LogP contribution in [-0.4, -0.2) is 29.3 Å². The molecule has 2 aromatic rings. The monoisotopic (exact) mass is 384 g/mol. The van der Waals surface area contributed by atoms with E-state index in [-0.39, 0.29) is 30.6 Å². The van der Waals surface area contributed by atoms with E-state index in [1.165, 1.54) is 11.0 Å². The van der Waals surface area contributed by atoms with E-state index in [9.17, 15) is 14.0 Å². The zero-order chi connectivity index (χ0) is 20.5. The van der Waals surface area contributed by atoms with Crippen molar-refractivity contribution in [2.45, 2.75) is 52.6 Å². The lowest BCUT2D eigenvalue weighted by Gasteiger charge is -2.29. The van der Waals surface area contributed by atoms with E-state index in [4.69, 9.17) is 0 Å². The van der Waals surface area contributed by atoms with Crippen molar-refractivity contribution in [1.29, 1.82) is 0 Å². The molecule has 0 aromatic heterocycles. The molecule has 0 saturated carbocycles. The Balaban J connectivity index is 2.20. The molecule has 2 amide bonds. The molecule has 0 aliphatic heterocycles. The number of carbonyl (C=O) groups excluding carboxylic acids is 2. The van der Waals surface area contributed by atoms with E-state index in [0.717, 1.165) is 24.0 Å². The molecule has 4 nitrogen and oxygen atoms in total. The van der Waals surface area contributed by atoms with Gasteiger partial charge in [0.2, 0.25) is 11.8 Å². The molecule has 0 bridgehead atoms. The predicted octanol–water partition coefficient (Wildman–Crippen LogP) is 4.01. The summed E-state index contributed by atoms with van der Waals surface area (Å²) in [6, 6.07) is 13.4. The number of amides is 2. The quantitative estimate of drug-likeness (QED) is 0.664. The second kappa shape index (κ2) is 10.6. The summed E-state index contributed by atoms with van der Waals surface area (Å²) in [6.45, 7) is 6.33. The number of aryl methyl sites for hydroxylation is 1. The van der Waals surface area contributed by atoms with Crippen molar-refractivity contribution in [1.82, 2.24) is 10.2 Å². The van der Waals surface area contributed by atoms with E-state index in [2.05, 4.69) is 5.32 Å². The predicted molar refractivity (Wildman–Crippen MR) is 109 cm³/mol. The van der Waals surface area contributed by atoms with Crippen LogP contribution in [0, 0.1) is 12.7 Å². The average molecular weight is 384 g/mol. The Kier molecular flexibility index (Phi) is 8.18. The summed E-state index contributed by atoms with van der Waals surface area (Å²) >= 11 is 0. The molecule has 0 fully saturated rings. The van der Waals surface area contributed by atoms with Crippen LogP contribution in [0.2, 0.25) is 0 Å². The molecular formula is C23H29FN2O2. The highest BCUT2D eigenvalue weighted by atomic mass is 19.1. The fraction of sp³-hybridized carbons (Fsp3) is 0.391. The third kappa shape index (κ3) is 6.19. The van der Waals surface area contributed by atoms with Gasteiger partial charge in [0.1, 0.15) is 11.9 Å². The smallest absolute Gasteiger partial charge is 0.242 e. The van der Waals surface area contributed by atoms with Crippen LogP contribution in [-0.2, 0) is 22.6 Å². The number of nitrogens with one attached hydrogen (secondary N) is 1. The molecule has 0 aliphatic carbocycles. The van der Waals surface area contributed by atoms with Gasteiger partial charge < -0.3 is 10.2 Å². The van der Waals surface area contributed by atoms with Crippen LogP contribution in [0.5, 0.6) is 0 Å². The summed E-state index contributed by atoms with van der Waals surface area (Å²) in [5.74, 6) is -0.802. The lowest BCUT2D eigenvalue weighted by Crippen LogP contribution is -2.48. The molecule has 2 rings (SSSR count). The minimum absolute atomic E-state index is 0.0552. The number of carbonyl (C=O) groups is 2. The van der Waals surface area contributed by atoms with Gasteiger partial charge in [-0.3, -0.25) is 9.59 Å². The second-order valence-corrected chi connectivity index (χ2v) is 7.10. The molecule has 1 N–H and O–H groups in total. The van der Waals surface area contributed by atoms with Gasteiger partial charge >= 0.3 is 0 Å². The van der Waals surface area contributed by atoms with E-state index in [1.54, 1.807) is 25.1 Å². The third-order valence-electron chi connectivity index (χ3n) is 4.73. The van der Waals surface area contributed by atoms with Crippen LogP contribution in [0.25, 0.3) is 0 Å². The van der Waals surface area contributed by atoms with Gasteiger partial charge in [0, 0.05) is 18.7 Å². The van der Waals surface area contributed by atoms with Gasteiger partial charge in [-0.15, -0.1) is 0 Å². The zero-order valence-corrected chi connectivity index (χ0v) is 16.9. The molecular weight excluding hydrogens is 355 g/mol.